The number of para-hydroxylation sites is 2. The predicted molar refractivity (Wildman–Crippen MR) is 158 cm³/mol. The average Bonchev–Trinajstić information content (AvgIpc) is 3.59. The maximum absolute atomic E-state index is 13.6. The molecule has 41 heavy (non-hydrogen) atoms. The SMILES string of the molecule is CCCCN(CCCCN)C(=O)CN1C[C@H](c2ccc3c(c2)CCO3)[C@@H](C(=O)O)[C@@H]1CCOc1ccccc1OC. The normalized spacial score (nSPS) is 19.9. The van der Waals surface area contributed by atoms with Crippen LogP contribution >= 0.6 is 0 Å². The number of aliphatic carboxylic acids is 1. The third-order valence-electron chi connectivity index (χ3n) is 8.27. The average molecular weight is 568 g/mol. The Bertz CT molecular complexity index is 1160. The van der Waals surface area contributed by atoms with Crippen LogP contribution in [-0.4, -0.2) is 85.9 Å². The molecule has 0 aliphatic carbocycles. The molecule has 1 fully saturated rings. The van der Waals surface area contributed by atoms with Crippen molar-refractivity contribution in [3.8, 4) is 17.2 Å². The Balaban J connectivity index is 1.56. The van der Waals surface area contributed by atoms with Crippen molar-refractivity contribution in [3.05, 3.63) is 53.6 Å². The van der Waals surface area contributed by atoms with Gasteiger partial charge in [-0.2, -0.15) is 0 Å². The smallest absolute Gasteiger partial charge is 0.308 e. The monoisotopic (exact) mass is 567 g/mol. The molecule has 0 bridgehead atoms. The third-order valence-corrected chi connectivity index (χ3v) is 8.27. The zero-order chi connectivity index (χ0) is 29.2. The van der Waals surface area contributed by atoms with Crippen molar-refractivity contribution < 1.29 is 28.9 Å². The molecule has 2 heterocycles. The predicted octanol–water partition coefficient (Wildman–Crippen LogP) is 3.94. The van der Waals surface area contributed by atoms with Crippen LogP contribution in [0.3, 0.4) is 0 Å². The van der Waals surface area contributed by atoms with Crippen LogP contribution in [0.15, 0.2) is 42.5 Å². The third kappa shape index (κ3) is 7.71. The number of unbranched alkanes of at least 4 members (excludes halogenated alkanes) is 2. The van der Waals surface area contributed by atoms with Crippen molar-refractivity contribution in [2.75, 3.05) is 53.0 Å². The van der Waals surface area contributed by atoms with Crippen LogP contribution in [0.2, 0.25) is 0 Å². The lowest BCUT2D eigenvalue weighted by molar-refractivity contribution is -0.144. The highest BCUT2D eigenvalue weighted by Gasteiger charge is 2.47. The molecule has 3 N–H and O–H groups in total. The van der Waals surface area contributed by atoms with E-state index in [1.54, 1.807) is 7.11 Å². The summed E-state index contributed by atoms with van der Waals surface area (Å²) in [5, 5.41) is 10.5. The summed E-state index contributed by atoms with van der Waals surface area (Å²) in [6.07, 6.45) is 4.95. The Kier molecular flexibility index (Phi) is 11.3. The molecular weight excluding hydrogens is 522 g/mol. The van der Waals surface area contributed by atoms with Crippen LogP contribution in [0.25, 0.3) is 0 Å². The summed E-state index contributed by atoms with van der Waals surface area (Å²) < 4.78 is 17.2. The van der Waals surface area contributed by atoms with Crippen LogP contribution in [-0.2, 0) is 16.0 Å². The minimum absolute atomic E-state index is 0.0401. The van der Waals surface area contributed by atoms with Crippen LogP contribution < -0.4 is 19.9 Å². The number of carboxylic acid groups (broad SMARTS) is 1. The van der Waals surface area contributed by atoms with E-state index < -0.39 is 11.9 Å². The van der Waals surface area contributed by atoms with Crippen molar-refractivity contribution in [1.29, 1.82) is 0 Å². The molecule has 9 heteroatoms. The van der Waals surface area contributed by atoms with E-state index in [1.165, 1.54) is 0 Å². The molecule has 3 atom stereocenters. The van der Waals surface area contributed by atoms with Gasteiger partial charge in [-0.25, -0.2) is 0 Å². The molecule has 9 nitrogen and oxygen atoms in total. The van der Waals surface area contributed by atoms with Crippen molar-refractivity contribution >= 4 is 11.9 Å². The van der Waals surface area contributed by atoms with Crippen LogP contribution in [0.4, 0.5) is 0 Å². The Morgan fingerprint density at radius 3 is 2.63 bits per heavy atom. The van der Waals surface area contributed by atoms with Gasteiger partial charge in [-0.3, -0.25) is 14.5 Å². The molecule has 2 aromatic carbocycles. The molecule has 0 aromatic heterocycles. The van der Waals surface area contributed by atoms with Gasteiger partial charge in [0.25, 0.3) is 0 Å². The molecule has 4 rings (SSSR count). The quantitative estimate of drug-likeness (QED) is 0.293. The maximum atomic E-state index is 13.6. The van der Waals surface area contributed by atoms with E-state index in [-0.39, 0.29) is 24.4 Å². The highest BCUT2D eigenvalue weighted by Crippen LogP contribution is 2.41. The van der Waals surface area contributed by atoms with Crippen LogP contribution in [0.5, 0.6) is 17.2 Å². The summed E-state index contributed by atoms with van der Waals surface area (Å²) in [6, 6.07) is 13.1. The lowest BCUT2D eigenvalue weighted by atomic mass is 9.83. The van der Waals surface area contributed by atoms with Gasteiger partial charge in [-0.15, -0.1) is 0 Å². The summed E-state index contributed by atoms with van der Waals surface area (Å²) in [6.45, 7) is 5.71. The van der Waals surface area contributed by atoms with Gasteiger partial charge >= 0.3 is 5.97 Å². The zero-order valence-electron chi connectivity index (χ0n) is 24.4. The minimum atomic E-state index is -0.852. The van der Waals surface area contributed by atoms with Crippen LogP contribution in [0, 0.1) is 5.92 Å². The fourth-order valence-electron chi connectivity index (χ4n) is 6.09. The number of methoxy groups -OCH3 is 1. The molecule has 224 valence electrons. The van der Waals surface area contributed by atoms with Gasteiger partial charge in [-0.05, 0) is 61.6 Å². The summed E-state index contributed by atoms with van der Waals surface area (Å²) in [5.74, 6) is 0.380. The molecule has 1 saturated heterocycles. The van der Waals surface area contributed by atoms with Gasteiger partial charge in [-0.1, -0.05) is 37.6 Å². The second kappa shape index (κ2) is 15.1. The number of amides is 1. The summed E-state index contributed by atoms with van der Waals surface area (Å²) in [5.41, 5.74) is 7.80. The Hall–Kier alpha value is -3.30. The van der Waals surface area contributed by atoms with E-state index in [4.69, 9.17) is 19.9 Å². The van der Waals surface area contributed by atoms with Gasteiger partial charge in [0.2, 0.25) is 5.91 Å². The zero-order valence-corrected chi connectivity index (χ0v) is 24.4. The molecule has 2 aliphatic rings. The first-order chi connectivity index (χ1) is 20.0. The molecule has 2 aromatic rings. The molecule has 0 spiro atoms. The number of rotatable bonds is 16. The van der Waals surface area contributed by atoms with Crippen molar-refractivity contribution in [2.24, 2.45) is 11.7 Å². The van der Waals surface area contributed by atoms with E-state index in [1.807, 2.05) is 41.3 Å². The highest BCUT2D eigenvalue weighted by molar-refractivity contribution is 5.79. The van der Waals surface area contributed by atoms with Gasteiger partial charge in [0.15, 0.2) is 11.5 Å². The summed E-state index contributed by atoms with van der Waals surface area (Å²) in [7, 11) is 1.59. The maximum Gasteiger partial charge on any atom is 0.308 e. The lowest BCUT2D eigenvalue weighted by Crippen LogP contribution is -2.45. The first-order valence-corrected chi connectivity index (χ1v) is 14.9. The highest BCUT2D eigenvalue weighted by atomic mass is 16.5. The van der Waals surface area contributed by atoms with E-state index in [9.17, 15) is 14.7 Å². The number of carboxylic acids is 1. The Morgan fingerprint density at radius 2 is 1.90 bits per heavy atom. The molecule has 0 saturated carbocycles. The molecule has 2 aliphatic heterocycles. The van der Waals surface area contributed by atoms with Crippen molar-refractivity contribution in [1.82, 2.24) is 9.80 Å². The number of ether oxygens (including phenoxy) is 3. The number of benzene rings is 2. The molecule has 1 amide bonds. The number of nitrogens with two attached hydrogens (primary N) is 1. The Morgan fingerprint density at radius 1 is 1.12 bits per heavy atom. The number of carbonyl (C=O) groups is 2. The van der Waals surface area contributed by atoms with Crippen molar-refractivity contribution in [3.63, 3.8) is 0 Å². The summed E-state index contributed by atoms with van der Waals surface area (Å²) in [4.78, 5) is 30.5. The number of hydrogen-bond acceptors (Lipinski definition) is 7. The lowest BCUT2D eigenvalue weighted by Gasteiger charge is -2.30. The number of likely N-dealkylation sites (tertiary alicyclic amines) is 1. The van der Waals surface area contributed by atoms with Gasteiger partial charge in [0.1, 0.15) is 5.75 Å². The molecule has 0 unspecified atom stereocenters. The first kappa shape index (κ1) is 30.7. The van der Waals surface area contributed by atoms with Gasteiger partial charge in [0, 0.05) is 38.0 Å². The van der Waals surface area contributed by atoms with E-state index in [0.29, 0.717) is 57.3 Å². The summed E-state index contributed by atoms with van der Waals surface area (Å²) >= 11 is 0. The minimum Gasteiger partial charge on any atom is -0.493 e. The molecular formula is C32H45N3O6. The fourth-order valence-corrected chi connectivity index (χ4v) is 6.09. The van der Waals surface area contributed by atoms with Crippen LogP contribution in [0.1, 0.15) is 56.1 Å². The largest absolute Gasteiger partial charge is 0.493 e. The first-order valence-electron chi connectivity index (χ1n) is 14.9. The standard InChI is InChI=1S/C32H45N3O6/c1-3-4-16-34(17-8-7-15-33)30(36)22-35-21-25(23-11-12-27-24(20-23)13-18-40-27)31(32(37)38)26(35)14-19-41-29-10-6-5-9-28(29)39-2/h5-6,9-12,20,25-26,31H,3-4,7-8,13-19,21-22,33H2,1-2H3,(H,37,38)/t25-,26+,31-/m1/s1. The van der Waals surface area contributed by atoms with Gasteiger partial charge in [0.05, 0.1) is 32.8 Å². The fraction of sp³-hybridized carbons (Fsp3) is 0.562. The van der Waals surface area contributed by atoms with Crippen molar-refractivity contribution in [2.45, 2.75) is 57.4 Å². The Labute approximate surface area is 243 Å². The molecule has 0 radical (unpaired) electrons. The number of carbonyl (C=O) groups excluding carboxylic acids is 1. The number of nitrogens with zero attached hydrogens (tertiary/aromatic N) is 2. The number of hydrogen-bond donors (Lipinski definition) is 2. The van der Waals surface area contributed by atoms with E-state index in [0.717, 1.165) is 49.0 Å². The number of fused-ring (bicyclic) bond motifs is 1. The second-order valence-corrected chi connectivity index (χ2v) is 11.0. The topological polar surface area (TPSA) is 115 Å². The second-order valence-electron chi connectivity index (χ2n) is 11.0. The van der Waals surface area contributed by atoms with E-state index in [2.05, 4.69) is 17.9 Å². The van der Waals surface area contributed by atoms with E-state index >= 15 is 0 Å². The van der Waals surface area contributed by atoms with Gasteiger partial charge < -0.3 is 30.0 Å².